The van der Waals surface area contributed by atoms with Gasteiger partial charge in [0.2, 0.25) is 0 Å². The summed E-state index contributed by atoms with van der Waals surface area (Å²) in [6.45, 7) is 11.8. The summed E-state index contributed by atoms with van der Waals surface area (Å²) < 4.78 is 0. The highest BCUT2D eigenvalue weighted by molar-refractivity contribution is 5.99. The molecule has 0 radical (unpaired) electrons. The number of nitrogens with one attached hydrogen (secondary N) is 2. The predicted molar refractivity (Wildman–Crippen MR) is 101 cm³/mol. The molecule has 0 aliphatic carbocycles. The molecule has 1 fully saturated rings. The summed E-state index contributed by atoms with van der Waals surface area (Å²) in [5.41, 5.74) is 1.54. The number of anilines is 1. The zero-order valence-electron chi connectivity index (χ0n) is 14.9. The second-order valence-electron chi connectivity index (χ2n) is 6.45. The Morgan fingerprint density at radius 1 is 1.29 bits per heavy atom. The predicted octanol–water partition coefficient (Wildman–Crippen LogP) is 2.04. The van der Waals surface area contributed by atoms with Crippen molar-refractivity contribution < 1.29 is 4.79 Å². The van der Waals surface area contributed by atoms with Crippen LogP contribution in [0.2, 0.25) is 0 Å². The number of amides is 1. The number of hydrogen-bond donors (Lipinski definition) is 2. The van der Waals surface area contributed by atoms with E-state index in [1.54, 1.807) is 6.08 Å². The fraction of sp³-hybridized carbons (Fsp3) is 0.526. The third-order valence-corrected chi connectivity index (χ3v) is 4.62. The third-order valence-electron chi connectivity index (χ3n) is 4.62. The van der Waals surface area contributed by atoms with Crippen LogP contribution in [0.3, 0.4) is 0 Å². The summed E-state index contributed by atoms with van der Waals surface area (Å²) in [7, 11) is 2.17. The highest BCUT2D eigenvalue weighted by Gasteiger charge is 2.19. The van der Waals surface area contributed by atoms with Gasteiger partial charge in [-0.15, -0.1) is 6.58 Å². The van der Waals surface area contributed by atoms with E-state index in [0.29, 0.717) is 24.7 Å². The standard InChI is InChI=1S/C19H30N4O/c1-4-10-20-18-8-6-5-7-17(18)19(24)21-11-9-16(2)23-14-12-22(3)13-15-23/h4-8,16,20H,1,9-15H2,2-3H3,(H,21,24)/t16-/m1/s1. The molecule has 0 saturated carbocycles. The molecule has 0 spiro atoms. The van der Waals surface area contributed by atoms with E-state index in [4.69, 9.17) is 0 Å². The van der Waals surface area contributed by atoms with Crippen molar-refractivity contribution in [3.8, 4) is 0 Å². The molecule has 1 aromatic carbocycles. The maximum atomic E-state index is 12.4. The van der Waals surface area contributed by atoms with E-state index in [1.807, 2.05) is 24.3 Å². The average Bonchev–Trinajstić information content (AvgIpc) is 2.60. The number of rotatable bonds is 8. The summed E-state index contributed by atoms with van der Waals surface area (Å²) in [6.07, 6.45) is 2.75. The highest BCUT2D eigenvalue weighted by atomic mass is 16.1. The number of piperazine rings is 1. The maximum Gasteiger partial charge on any atom is 0.253 e. The molecule has 1 amide bonds. The van der Waals surface area contributed by atoms with Gasteiger partial charge < -0.3 is 15.5 Å². The van der Waals surface area contributed by atoms with Gasteiger partial charge in [0.1, 0.15) is 0 Å². The zero-order chi connectivity index (χ0) is 17.4. The van der Waals surface area contributed by atoms with Crippen molar-refractivity contribution in [2.24, 2.45) is 0 Å². The Balaban J connectivity index is 1.79. The van der Waals surface area contributed by atoms with E-state index in [1.165, 1.54) is 0 Å². The first-order valence-electron chi connectivity index (χ1n) is 8.76. The van der Waals surface area contributed by atoms with E-state index in [2.05, 4.69) is 41.0 Å². The van der Waals surface area contributed by atoms with Crippen LogP contribution < -0.4 is 10.6 Å². The molecular weight excluding hydrogens is 300 g/mol. The summed E-state index contributed by atoms with van der Waals surface area (Å²) in [4.78, 5) is 17.3. The van der Waals surface area contributed by atoms with Gasteiger partial charge in [-0.25, -0.2) is 0 Å². The van der Waals surface area contributed by atoms with E-state index in [9.17, 15) is 4.79 Å². The normalized spacial score (nSPS) is 17.2. The molecule has 132 valence electrons. The molecule has 1 aromatic rings. The van der Waals surface area contributed by atoms with Crippen molar-refractivity contribution in [3.05, 3.63) is 42.5 Å². The molecule has 0 unspecified atom stereocenters. The monoisotopic (exact) mass is 330 g/mol. The fourth-order valence-electron chi connectivity index (χ4n) is 2.95. The second-order valence-corrected chi connectivity index (χ2v) is 6.45. The van der Waals surface area contributed by atoms with Crippen LogP contribution in [0.15, 0.2) is 36.9 Å². The summed E-state index contributed by atoms with van der Waals surface area (Å²) >= 11 is 0. The summed E-state index contributed by atoms with van der Waals surface area (Å²) in [5, 5.41) is 6.26. The van der Waals surface area contributed by atoms with Gasteiger partial charge >= 0.3 is 0 Å². The van der Waals surface area contributed by atoms with Crippen molar-refractivity contribution in [1.29, 1.82) is 0 Å². The first kappa shape index (κ1) is 18.5. The molecule has 1 aliphatic heterocycles. The molecule has 0 aromatic heterocycles. The molecule has 5 heteroatoms. The molecule has 1 aliphatic rings. The van der Waals surface area contributed by atoms with Gasteiger partial charge in [0.15, 0.2) is 0 Å². The molecule has 2 rings (SSSR count). The van der Waals surface area contributed by atoms with E-state index in [0.717, 1.165) is 38.3 Å². The van der Waals surface area contributed by atoms with Crippen molar-refractivity contribution in [3.63, 3.8) is 0 Å². The summed E-state index contributed by atoms with van der Waals surface area (Å²) in [6, 6.07) is 8.09. The lowest BCUT2D eigenvalue weighted by atomic mass is 10.1. The number of likely N-dealkylation sites (N-methyl/N-ethyl adjacent to an activating group) is 1. The number of hydrogen-bond acceptors (Lipinski definition) is 4. The van der Waals surface area contributed by atoms with Crippen LogP contribution >= 0.6 is 0 Å². The number of carbonyl (C=O) groups excluding carboxylic acids is 1. The molecule has 24 heavy (non-hydrogen) atoms. The first-order valence-corrected chi connectivity index (χ1v) is 8.76. The minimum Gasteiger partial charge on any atom is -0.381 e. The molecular formula is C19H30N4O. The maximum absolute atomic E-state index is 12.4. The number of nitrogens with zero attached hydrogens (tertiary/aromatic N) is 2. The summed E-state index contributed by atoms with van der Waals surface area (Å²) in [5.74, 6) is -0.0206. The van der Waals surface area contributed by atoms with Crippen LogP contribution in [-0.4, -0.2) is 68.1 Å². The Bertz CT molecular complexity index is 538. The lowest BCUT2D eigenvalue weighted by Crippen LogP contribution is -2.48. The number of carbonyl (C=O) groups is 1. The van der Waals surface area contributed by atoms with Gasteiger partial charge in [0.25, 0.3) is 5.91 Å². The van der Waals surface area contributed by atoms with Gasteiger partial charge in [-0.2, -0.15) is 0 Å². The van der Waals surface area contributed by atoms with Crippen molar-refractivity contribution in [2.75, 3.05) is 51.6 Å². The van der Waals surface area contributed by atoms with Gasteiger partial charge in [-0.3, -0.25) is 9.69 Å². The van der Waals surface area contributed by atoms with E-state index in [-0.39, 0.29) is 5.91 Å². The van der Waals surface area contributed by atoms with Crippen LogP contribution in [0.1, 0.15) is 23.7 Å². The lowest BCUT2D eigenvalue weighted by Gasteiger charge is -2.36. The average molecular weight is 330 g/mol. The van der Waals surface area contributed by atoms with Gasteiger partial charge in [-0.05, 0) is 32.5 Å². The number of para-hydroxylation sites is 1. The molecule has 0 bridgehead atoms. The van der Waals surface area contributed by atoms with Crippen LogP contribution in [0, 0.1) is 0 Å². The minimum atomic E-state index is -0.0206. The Morgan fingerprint density at radius 2 is 2.00 bits per heavy atom. The molecule has 1 heterocycles. The molecule has 5 nitrogen and oxygen atoms in total. The SMILES string of the molecule is C=CCNc1ccccc1C(=O)NCC[C@@H](C)N1CCN(C)CC1. The first-order chi connectivity index (χ1) is 11.6. The minimum absolute atomic E-state index is 0.0206. The van der Waals surface area contributed by atoms with Crippen LogP contribution in [0.4, 0.5) is 5.69 Å². The zero-order valence-corrected chi connectivity index (χ0v) is 14.9. The third kappa shape index (κ3) is 5.35. The quantitative estimate of drug-likeness (QED) is 0.716. The molecule has 1 saturated heterocycles. The van der Waals surface area contributed by atoms with Crippen molar-refractivity contribution >= 4 is 11.6 Å². The van der Waals surface area contributed by atoms with Gasteiger partial charge in [-0.1, -0.05) is 18.2 Å². The Kier molecular flexibility index (Phi) is 7.28. The Hall–Kier alpha value is -1.85. The van der Waals surface area contributed by atoms with Gasteiger partial charge in [0.05, 0.1) is 5.56 Å². The molecule has 1 atom stereocenters. The van der Waals surface area contributed by atoms with Crippen LogP contribution in [-0.2, 0) is 0 Å². The van der Waals surface area contributed by atoms with E-state index < -0.39 is 0 Å². The largest absolute Gasteiger partial charge is 0.381 e. The number of benzene rings is 1. The fourth-order valence-corrected chi connectivity index (χ4v) is 2.95. The second kappa shape index (κ2) is 9.45. The van der Waals surface area contributed by atoms with Crippen molar-refractivity contribution in [1.82, 2.24) is 15.1 Å². The topological polar surface area (TPSA) is 47.6 Å². The van der Waals surface area contributed by atoms with Crippen LogP contribution in [0.5, 0.6) is 0 Å². The Labute approximate surface area is 145 Å². The van der Waals surface area contributed by atoms with Gasteiger partial charge in [0, 0.05) is 51.0 Å². The molecule has 2 N–H and O–H groups in total. The Morgan fingerprint density at radius 3 is 2.71 bits per heavy atom. The lowest BCUT2D eigenvalue weighted by molar-refractivity contribution is 0.0935. The van der Waals surface area contributed by atoms with E-state index >= 15 is 0 Å². The highest BCUT2D eigenvalue weighted by Crippen LogP contribution is 2.15. The van der Waals surface area contributed by atoms with Crippen LogP contribution in [0.25, 0.3) is 0 Å². The van der Waals surface area contributed by atoms with Crippen molar-refractivity contribution in [2.45, 2.75) is 19.4 Å². The smallest absolute Gasteiger partial charge is 0.253 e.